The van der Waals surface area contributed by atoms with Crippen LogP contribution in [-0.2, 0) is 0 Å². The van der Waals surface area contributed by atoms with E-state index in [-0.39, 0.29) is 48.5 Å². The number of ether oxygens (including phenoxy) is 1. The molecule has 1 aromatic carbocycles. The zero-order valence-electron chi connectivity index (χ0n) is 20.8. The Hall–Kier alpha value is -3.13. The number of pyridine rings is 1. The highest BCUT2D eigenvalue weighted by Crippen LogP contribution is 2.30. The van der Waals surface area contributed by atoms with Crippen LogP contribution in [0.15, 0.2) is 42.6 Å². The first-order chi connectivity index (χ1) is 16.9. The Morgan fingerprint density at radius 2 is 1.97 bits per heavy atom. The number of amides is 3. The molecule has 1 aliphatic heterocycles. The van der Waals surface area contributed by atoms with Gasteiger partial charge in [0.2, 0.25) is 5.88 Å². The van der Waals surface area contributed by atoms with Crippen LogP contribution in [0, 0.1) is 5.92 Å². The molecular formula is C27H36N4O4. The lowest BCUT2D eigenvalue weighted by atomic mass is 9.99. The average Bonchev–Trinajstić information content (AvgIpc) is 3.39. The van der Waals surface area contributed by atoms with Gasteiger partial charge in [-0.05, 0) is 31.4 Å². The van der Waals surface area contributed by atoms with Gasteiger partial charge in [0.05, 0.1) is 19.2 Å². The number of nitrogens with zero attached hydrogens (tertiary/aromatic N) is 3. The lowest BCUT2D eigenvalue weighted by Gasteiger charge is -2.37. The summed E-state index contributed by atoms with van der Waals surface area (Å²) in [6.45, 7) is 4.45. The average molecular weight is 481 g/mol. The molecule has 1 aromatic heterocycles. The summed E-state index contributed by atoms with van der Waals surface area (Å²) in [4.78, 5) is 34.2. The van der Waals surface area contributed by atoms with E-state index in [4.69, 9.17) is 4.74 Å². The van der Waals surface area contributed by atoms with Gasteiger partial charge >= 0.3 is 6.03 Å². The quantitative estimate of drug-likeness (QED) is 0.659. The Balaban J connectivity index is 1.61. The minimum Gasteiger partial charge on any atom is -0.472 e. The number of aliphatic hydroxyl groups is 1. The van der Waals surface area contributed by atoms with Gasteiger partial charge in [-0.2, -0.15) is 0 Å². The van der Waals surface area contributed by atoms with E-state index in [2.05, 4.69) is 10.3 Å². The number of aromatic nitrogens is 1. The van der Waals surface area contributed by atoms with Gasteiger partial charge < -0.3 is 25.0 Å². The lowest BCUT2D eigenvalue weighted by Crippen LogP contribution is -2.52. The van der Waals surface area contributed by atoms with E-state index in [0.29, 0.717) is 18.7 Å². The van der Waals surface area contributed by atoms with Gasteiger partial charge in [-0.3, -0.25) is 4.79 Å². The van der Waals surface area contributed by atoms with Crippen LogP contribution in [0.3, 0.4) is 0 Å². The fourth-order valence-electron chi connectivity index (χ4n) is 4.82. The molecule has 2 aliphatic rings. The molecule has 0 unspecified atom stereocenters. The molecule has 188 valence electrons. The molecule has 1 saturated carbocycles. The number of carbonyl (C=O) groups excluding carboxylic acids is 2. The van der Waals surface area contributed by atoms with Crippen LogP contribution in [0.2, 0.25) is 0 Å². The van der Waals surface area contributed by atoms with Gasteiger partial charge in [0, 0.05) is 37.3 Å². The van der Waals surface area contributed by atoms with Gasteiger partial charge in [0.15, 0.2) is 0 Å². The molecule has 3 amide bonds. The van der Waals surface area contributed by atoms with Crippen molar-refractivity contribution in [2.75, 3.05) is 26.7 Å². The largest absolute Gasteiger partial charge is 0.472 e. The van der Waals surface area contributed by atoms with Crippen molar-refractivity contribution in [2.24, 2.45) is 5.92 Å². The summed E-state index contributed by atoms with van der Waals surface area (Å²) in [6.07, 6.45) is 5.68. The molecule has 8 heteroatoms. The van der Waals surface area contributed by atoms with Crippen LogP contribution in [0.1, 0.15) is 49.9 Å². The van der Waals surface area contributed by atoms with Crippen LogP contribution < -0.4 is 10.1 Å². The number of hydrogen-bond acceptors (Lipinski definition) is 5. The van der Waals surface area contributed by atoms with E-state index in [1.54, 1.807) is 29.1 Å². The second-order valence-corrected chi connectivity index (χ2v) is 9.88. The van der Waals surface area contributed by atoms with Crippen molar-refractivity contribution in [1.29, 1.82) is 0 Å². The van der Waals surface area contributed by atoms with Crippen molar-refractivity contribution in [1.82, 2.24) is 20.1 Å². The van der Waals surface area contributed by atoms with Gasteiger partial charge in [-0.15, -0.1) is 0 Å². The maximum atomic E-state index is 13.6. The number of carbonyl (C=O) groups is 2. The van der Waals surface area contributed by atoms with Crippen LogP contribution in [0.4, 0.5) is 4.79 Å². The Morgan fingerprint density at radius 1 is 1.26 bits per heavy atom. The molecule has 0 bridgehead atoms. The minimum absolute atomic E-state index is 0.0848. The zero-order chi connectivity index (χ0) is 24.9. The summed E-state index contributed by atoms with van der Waals surface area (Å²) in [5.41, 5.74) is 2.13. The highest BCUT2D eigenvalue weighted by Gasteiger charge is 2.35. The van der Waals surface area contributed by atoms with Crippen LogP contribution in [0.25, 0.3) is 11.1 Å². The first-order valence-corrected chi connectivity index (χ1v) is 12.5. The number of aliphatic hydroxyl groups excluding tert-OH is 1. The highest BCUT2D eigenvalue weighted by molar-refractivity contribution is 5.98. The topological polar surface area (TPSA) is 95.0 Å². The third-order valence-corrected chi connectivity index (χ3v) is 7.11. The van der Waals surface area contributed by atoms with Crippen LogP contribution in [-0.4, -0.2) is 76.8 Å². The third kappa shape index (κ3) is 5.75. The monoisotopic (exact) mass is 480 g/mol. The molecule has 1 fully saturated rings. The molecule has 2 N–H and O–H groups in total. The number of nitrogens with one attached hydrogen (secondary N) is 1. The minimum atomic E-state index is -0.371. The summed E-state index contributed by atoms with van der Waals surface area (Å²) in [5.74, 6) is -0.0473. The van der Waals surface area contributed by atoms with Gasteiger partial charge in [0.1, 0.15) is 11.7 Å². The smallest absolute Gasteiger partial charge is 0.317 e. The van der Waals surface area contributed by atoms with E-state index in [9.17, 15) is 14.7 Å². The van der Waals surface area contributed by atoms with Gasteiger partial charge in [0.25, 0.3) is 5.91 Å². The molecule has 35 heavy (non-hydrogen) atoms. The number of fused-ring (bicyclic) bond motifs is 1. The molecule has 0 spiro atoms. The summed E-state index contributed by atoms with van der Waals surface area (Å²) < 4.78 is 6.32. The molecule has 3 atom stereocenters. The van der Waals surface area contributed by atoms with Crippen molar-refractivity contribution in [2.45, 2.75) is 57.7 Å². The molecule has 0 radical (unpaired) electrons. The Kier molecular flexibility index (Phi) is 7.90. The molecule has 1 aliphatic carbocycles. The number of likely N-dealkylation sites (N-methyl/N-ethyl adjacent to an activating group) is 1. The Morgan fingerprint density at radius 3 is 2.66 bits per heavy atom. The molecule has 4 rings (SSSR count). The molecule has 2 aromatic rings. The van der Waals surface area contributed by atoms with Crippen LogP contribution in [0.5, 0.6) is 5.88 Å². The fraction of sp³-hybridized carbons (Fsp3) is 0.519. The van der Waals surface area contributed by atoms with Crippen molar-refractivity contribution >= 4 is 11.9 Å². The maximum Gasteiger partial charge on any atom is 0.317 e. The second-order valence-electron chi connectivity index (χ2n) is 9.88. The van der Waals surface area contributed by atoms with Crippen molar-refractivity contribution in [3.05, 3.63) is 48.2 Å². The standard InChI is InChI=1S/C27H36N4O4/c1-18-15-31(19(2)17-32)26(33)23-13-21(20-9-5-4-6-10-20)14-28-25(23)35-24(18)16-30(3)27(34)29-22-11-7-8-12-22/h4-6,9-10,13-14,18-19,22,24,32H,7-8,11-12,15-17H2,1-3H3,(H,29,34)/t18-,19+,24-/m0/s1. The summed E-state index contributed by atoms with van der Waals surface area (Å²) in [7, 11) is 1.77. The Labute approximate surface area is 207 Å². The van der Waals surface area contributed by atoms with E-state index in [0.717, 1.165) is 36.8 Å². The van der Waals surface area contributed by atoms with Crippen molar-refractivity contribution < 1.29 is 19.4 Å². The van der Waals surface area contributed by atoms with E-state index in [1.807, 2.05) is 44.2 Å². The van der Waals surface area contributed by atoms with Gasteiger partial charge in [-0.1, -0.05) is 50.1 Å². The fourth-order valence-corrected chi connectivity index (χ4v) is 4.82. The lowest BCUT2D eigenvalue weighted by molar-refractivity contribution is 0.0351. The molecule has 8 nitrogen and oxygen atoms in total. The summed E-state index contributed by atoms with van der Waals surface area (Å²) in [6, 6.07) is 11.3. The maximum absolute atomic E-state index is 13.6. The van der Waals surface area contributed by atoms with Crippen molar-refractivity contribution in [3.63, 3.8) is 0 Å². The Bertz CT molecular complexity index is 1030. The first kappa shape index (κ1) is 25.0. The first-order valence-electron chi connectivity index (χ1n) is 12.5. The highest BCUT2D eigenvalue weighted by atomic mass is 16.5. The normalized spacial score (nSPS) is 21.5. The zero-order valence-corrected chi connectivity index (χ0v) is 20.8. The summed E-state index contributed by atoms with van der Waals surface area (Å²) in [5, 5.41) is 13.0. The number of urea groups is 1. The van der Waals surface area contributed by atoms with Crippen molar-refractivity contribution in [3.8, 4) is 17.0 Å². The SMILES string of the molecule is C[C@H](CO)N1C[C@H](C)[C@H](CN(C)C(=O)NC2CCCC2)Oc2ncc(-c3ccccc3)cc2C1=O. The van der Waals surface area contributed by atoms with E-state index >= 15 is 0 Å². The predicted molar refractivity (Wildman–Crippen MR) is 134 cm³/mol. The molecular weight excluding hydrogens is 444 g/mol. The van der Waals surface area contributed by atoms with Crippen LogP contribution >= 0.6 is 0 Å². The number of rotatable bonds is 6. The number of benzene rings is 1. The van der Waals surface area contributed by atoms with Gasteiger partial charge in [-0.25, -0.2) is 9.78 Å². The number of hydrogen-bond donors (Lipinski definition) is 2. The van der Waals surface area contributed by atoms with E-state index < -0.39 is 0 Å². The molecule has 2 heterocycles. The third-order valence-electron chi connectivity index (χ3n) is 7.11. The predicted octanol–water partition coefficient (Wildman–Crippen LogP) is 3.55. The summed E-state index contributed by atoms with van der Waals surface area (Å²) >= 11 is 0. The van der Waals surface area contributed by atoms with E-state index in [1.165, 1.54) is 0 Å². The second kappa shape index (κ2) is 11.1. The molecule has 0 saturated heterocycles.